The first-order chi connectivity index (χ1) is 7.66. The zero-order valence-electron chi connectivity index (χ0n) is 8.74. The van der Waals surface area contributed by atoms with Gasteiger partial charge in [-0.15, -0.1) is 0 Å². The van der Waals surface area contributed by atoms with Crippen molar-refractivity contribution >= 4 is 28.9 Å². The highest BCUT2D eigenvalue weighted by atomic mass is 35.5. The summed E-state index contributed by atoms with van der Waals surface area (Å²) in [5.74, 6) is 0. The summed E-state index contributed by atoms with van der Waals surface area (Å²) in [6, 6.07) is 5.38. The van der Waals surface area contributed by atoms with Crippen LogP contribution in [0.2, 0.25) is 10.0 Å². The molecule has 0 aliphatic carbocycles. The van der Waals surface area contributed by atoms with E-state index in [4.69, 9.17) is 23.2 Å². The minimum absolute atomic E-state index is 0.620. The molecule has 1 heterocycles. The Hall–Kier alpha value is -1.19. The molecule has 0 bridgehead atoms. The van der Waals surface area contributed by atoms with Crippen LogP contribution in [-0.4, -0.2) is 9.55 Å². The highest BCUT2D eigenvalue weighted by Crippen LogP contribution is 2.25. The Balaban J connectivity index is 2.08. The molecule has 2 rings (SSSR count). The van der Waals surface area contributed by atoms with E-state index in [1.807, 2.05) is 23.9 Å². The maximum atomic E-state index is 6.04. The second-order valence-electron chi connectivity index (χ2n) is 3.47. The second-order valence-corrected chi connectivity index (χ2v) is 4.32. The number of aromatic nitrogens is 2. The van der Waals surface area contributed by atoms with Gasteiger partial charge in [-0.25, -0.2) is 4.98 Å². The highest BCUT2D eigenvalue weighted by Gasteiger charge is 2.02. The summed E-state index contributed by atoms with van der Waals surface area (Å²) in [6.45, 7) is 0.678. The topological polar surface area (TPSA) is 29.9 Å². The smallest absolute Gasteiger partial charge is 0.0946 e. The molecule has 1 N–H and O–H groups in total. The first-order valence-electron chi connectivity index (χ1n) is 4.81. The zero-order valence-corrected chi connectivity index (χ0v) is 10.3. The SMILES string of the molecule is Cn1cncc1CNc1ccc(Cl)cc1Cl. The molecule has 3 nitrogen and oxygen atoms in total. The summed E-state index contributed by atoms with van der Waals surface area (Å²) in [7, 11) is 1.95. The summed E-state index contributed by atoms with van der Waals surface area (Å²) in [5.41, 5.74) is 1.96. The number of rotatable bonds is 3. The van der Waals surface area contributed by atoms with Gasteiger partial charge in [0.1, 0.15) is 0 Å². The van der Waals surface area contributed by atoms with E-state index in [1.54, 1.807) is 18.5 Å². The van der Waals surface area contributed by atoms with Gasteiger partial charge in [0, 0.05) is 18.3 Å². The van der Waals surface area contributed by atoms with Gasteiger partial charge in [-0.2, -0.15) is 0 Å². The van der Waals surface area contributed by atoms with Gasteiger partial charge in [0.25, 0.3) is 0 Å². The van der Waals surface area contributed by atoms with E-state index in [9.17, 15) is 0 Å². The molecule has 1 aromatic carbocycles. The molecular weight excluding hydrogens is 245 g/mol. The van der Waals surface area contributed by atoms with E-state index in [-0.39, 0.29) is 0 Å². The lowest BCUT2D eigenvalue weighted by atomic mass is 10.3. The Morgan fingerprint density at radius 1 is 1.38 bits per heavy atom. The van der Waals surface area contributed by atoms with Crippen molar-refractivity contribution in [2.45, 2.75) is 6.54 Å². The average Bonchev–Trinajstić information content (AvgIpc) is 2.63. The van der Waals surface area contributed by atoms with Crippen LogP contribution in [0.15, 0.2) is 30.7 Å². The van der Waals surface area contributed by atoms with Crippen molar-refractivity contribution in [3.63, 3.8) is 0 Å². The first kappa shape index (κ1) is 11.3. The van der Waals surface area contributed by atoms with Crippen molar-refractivity contribution in [2.24, 2.45) is 7.05 Å². The van der Waals surface area contributed by atoms with E-state index >= 15 is 0 Å². The predicted molar refractivity (Wildman–Crippen MR) is 67.0 cm³/mol. The van der Waals surface area contributed by atoms with Gasteiger partial charge in [0.05, 0.1) is 29.3 Å². The summed E-state index contributed by atoms with van der Waals surface area (Å²) < 4.78 is 1.96. The van der Waals surface area contributed by atoms with Crippen molar-refractivity contribution in [2.75, 3.05) is 5.32 Å². The lowest BCUT2D eigenvalue weighted by Crippen LogP contribution is -2.04. The molecule has 0 aliphatic rings. The normalized spacial score (nSPS) is 10.4. The molecule has 84 valence electrons. The van der Waals surface area contributed by atoms with Crippen LogP contribution in [0, 0.1) is 0 Å². The minimum Gasteiger partial charge on any atom is -0.378 e. The Morgan fingerprint density at radius 2 is 2.19 bits per heavy atom. The van der Waals surface area contributed by atoms with Crippen LogP contribution in [0.25, 0.3) is 0 Å². The van der Waals surface area contributed by atoms with Crippen LogP contribution >= 0.6 is 23.2 Å². The molecule has 0 atom stereocenters. The Labute approximate surface area is 104 Å². The number of halogens is 2. The number of nitrogens with one attached hydrogen (secondary N) is 1. The molecule has 0 amide bonds. The van der Waals surface area contributed by atoms with Gasteiger partial charge < -0.3 is 9.88 Å². The molecule has 0 spiro atoms. The Bertz CT molecular complexity index is 494. The van der Waals surface area contributed by atoms with Crippen molar-refractivity contribution in [3.8, 4) is 0 Å². The summed E-state index contributed by atoms with van der Waals surface area (Å²) in [4.78, 5) is 4.04. The third-order valence-corrected chi connectivity index (χ3v) is 2.86. The Kier molecular flexibility index (Phi) is 3.36. The molecule has 0 aliphatic heterocycles. The lowest BCUT2D eigenvalue weighted by Gasteiger charge is -2.08. The van der Waals surface area contributed by atoms with Gasteiger partial charge in [0.2, 0.25) is 0 Å². The molecule has 0 unspecified atom stereocenters. The van der Waals surface area contributed by atoms with Crippen LogP contribution < -0.4 is 5.32 Å². The predicted octanol–water partition coefficient (Wildman–Crippen LogP) is 3.34. The van der Waals surface area contributed by atoms with Crippen molar-refractivity contribution < 1.29 is 0 Å². The number of anilines is 1. The molecule has 1 aromatic heterocycles. The molecule has 0 fully saturated rings. The van der Waals surface area contributed by atoms with E-state index < -0.39 is 0 Å². The maximum Gasteiger partial charge on any atom is 0.0946 e. The van der Waals surface area contributed by atoms with Crippen LogP contribution in [0.1, 0.15) is 5.69 Å². The number of aryl methyl sites for hydroxylation is 1. The third-order valence-electron chi connectivity index (χ3n) is 2.31. The number of nitrogens with zero attached hydrogens (tertiary/aromatic N) is 2. The van der Waals surface area contributed by atoms with Crippen molar-refractivity contribution in [1.29, 1.82) is 0 Å². The number of benzene rings is 1. The third kappa shape index (κ3) is 2.49. The molecule has 0 saturated carbocycles. The molecule has 0 radical (unpaired) electrons. The summed E-state index contributed by atoms with van der Waals surface area (Å²) >= 11 is 11.9. The van der Waals surface area contributed by atoms with E-state index in [0.29, 0.717) is 16.6 Å². The van der Waals surface area contributed by atoms with Gasteiger partial charge in [0.15, 0.2) is 0 Å². The minimum atomic E-state index is 0.620. The fraction of sp³-hybridized carbons (Fsp3) is 0.182. The van der Waals surface area contributed by atoms with Crippen LogP contribution in [-0.2, 0) is 13.6 Å². The molecule has 0 saturated heterocycles. The molecular formula is C11H11Cl2N3. The van der Waals surface area contributed by atoms with Gasteiger partial charge in [-0.1, -0.05) is 23.2 Å². The van der Waals surface area contributed by atoms with Gasteiger partial charge in [-0.05, 0) is 18.2 Å². The van der Waals surface area contributed by atoms with Crippen LogP contribution in [0.4, 0.5) is 5.69 Å². The van der Waals surface area contributed by atoms with E-state index in [2.05, 4.69) is 10.3 Å². The lowest BCUT2D eigenvalue weighted by molar-refractivity contribution is 0.837. The Morgan fingerprint density at radius 3 is 2.81 bits per heavy atom. The highest BCUT2D eigenvalue weighted by molar-refractivity contribution is 6.36. The largest absolute Gasteiger partial charge is 0.378 e. The van der Waals surface area contributed by atoms with Gasteiger partial charge >= 0.3 is 0 Å². The maximum absolute atomic E-state index is 6.04. The van der Waals surface area contributed by atoms with Crippen molar-refractivity contribution in [3.05, 3.63) is 46.5 Å². The molecule has 2 aromatic rings. The first-order valence-corrected chi connectivity index (χ1v) is 5.56. The van der Waals surface area contributed by atoms with E-state index in [1.165, 1.54) is 0 Å². The van der Waals surface area contributed by atoms with Gasteiger partial charge in [-0.3, -0.25) is 0 Å². The average molecular weight is 256 g/mol. The molecule has 5 heteroatoms. The summed E-state index contributed by atoms with van der Waals surface area (Å²) in [6.07, 6.45) is 3.58. The fourth-order valence-corrected chi connectivity index (χ4v) is 1.85. The van der Waals surface area contributed by atoms with E-state index in [0.717, 1.165) is 11.4 Å². The quantitative estimate of drug-likeness (QED) is 0.912. The van der Waals surface area contributed by atoms with Crippen molar-refractivity contribution in [1.82, 2.24) is 9.55 Å². The monoisotopic (exact) mass is 255 g/mol. The number of hydrogen-bond acceptors (Lipinski definition) is 2. The standard InChI is InChI=1S/C11H11Cl2N3/c1-16-7-14-5-9(16)6-15-11-3-2-8(12)4-10(11)13/h2-5,7,15H,6H2,1H3. The second kappa shape index (κ2) is 4.76. The molecule has 16 heavy (non-hydrogen) atoms. The zero-order chi connectivity index (χ0) is 11.5. The summed E-state index contributed by atoms with van der Waals surface area (Å²) in [5, 5.41) is 4.49. The van der Waals surface area contributed by atoms with Crippen LogP contribution in [0.3, 0.4) is 0 Å². The number of imidazole rings is 1. The number of hydrogen-bond donors (Lipinski definition) is 1. The fourth-order valence-electron chi connectivity index (χ4n) is 1.37. The van der Waals surface area contributed by atoms with Crippen LogP contribution in [0.5, 0.6) is 0 Å².